The van der Waals surface area contributed by atoms with Gasteiger partial charge >= 0.3 is 0 Å². The third-order valence-electron chi connectivity index (χ3n) is 2.13. The van der Waals surface area contributed by atoms with Crippen molar-refractivity contribution in [2.24, 2.45) is 5.92 Å². The number of nitrogens with zero attached hydrogens (tertiary/aromatic N) is 2. The number of rotatable bonds is 7. The molecule has 0 amide bonds. The molecule has 0 saturated heterocycles. The third kappa shape index (κ3) is 4.94. The van der Waals surface area contributed by atoms with Crippen molar-refractivity contribution in [3.8, 4) is 0 Å². The molecule has 90 valence electrons. The second-order valence-corrected chi connectivity index (χ2v) is 5.25. The highest BCUT2D eigenvalue weighted by atomic mass is 32.2. The predicted molar refractivity (Wildman–Crippen MR) is 70.6 cm³/mol. The topological polar surface area (TPSA) is 37.8 Å². The molecular weight excluding hydrogens is 218 g/mol. The van der Waals surface area contributed by atoms with Crippen LogP contribution in [0.3, 0.4) is 0 Å². The zero-order chi connectivity index (χ0) is 11.8. The fraction of sp³-hybridized carbons (Fsp3) is 0.667. The van der Waals surface area contributed by atoms with Crippen LogP contribution in [0.25, 0.3) is 0 Å². The highest BCUT2D eigenvalue weighted by molar-refractivity contribution is 7.99. The molecule has 3 nitrogen and oxygen atoms in total. The van der Waals surface area contributed by atoms with Gasteiger partial charge in [0.25, 0.3) is 0 Å². The molecule has 1 aromatic heterocycles. The minimum absolute atomic E-state index is 0.322. The van der Waals surface area contributed by atoms with E-state index in [1.807, 2.05) is 18.0 Å². The Labute approximate surface area is 102 Å². The van der Waals surface area contributed by atoms with E-state index >= 15 is 0 Å². The van der Waals surface area contributed by atoms with Gasteiger partial charge in [0.15, 0.2) is 0 Å². The summed E-state index contributed by atoms with van der Waals surface area (Å²) in [4.78, 5) is 8.48. The summed E-state index contributed by atoms with van der Waals surface area (Å²) in [5.74, 6) is 3.00. The van der Waals surface area contributed by atoms with Crippen LogP contribution in [-0.4, -0.2) is 28.0 Å². The maximum atomic E-state index is 4.36. The van der Waals surface area contributed by atoms with Gasteiger partial charge in [-0.1, -0.05) is 20.8 Å². The number of hydrogen-bond donors (Lipinski definition) is 1. The Hall–Kier alpha value is -0.610. The van der Waals surface area contributed by atoms with Gasteiger partial charge in [0.1, 0.15) is 0 Å². The van der Waals surface area contributed by atoms with Crippen LogP contribution in [0.2, 0.25) is 0 Å². The fourth-order valence-electron chi connectivity index (χ4n) is 1.41. The quantitative estimate of drug-likeness (QED) is 0.793. The van der Waals surface area contributed by atoms with Crippen LogP contribution < -0.4 is 5.32 Å². The molecule has 4 heteroatoms. The van der Waals surface area contributed by atoms with Crippen molar-refractivity contribution < 1.29 is 0 Å². The van der Waals surface area contributed by atoms with Gasteiger partial charge in [-0.2, -0.15) is 11.8 Å². The van der Waals surface area contributed by atoms with Crippen LogP contribution in [0.5, 0.6) is 0 Å². The number of aromatic nitrogens is 2. The molecule has 1 atom stereocenters. The van der Waals surface area contributed by atoms with E-state index in [4.69, 9.17) is 0 Å². The van der Waals surface area contributed by atoms with E-state index in [1.54, 1.807) is 12.4 Å². The van der Waals surface area contributed by atoms with Crippen molar-refractivity contribution in [1.29, 1.82) is 0 Å². The summed E-state index contributed by atoms with van der Waals surface area (Å²) >= 11 is 1.97. The lowest BCUT2D eigenvalue weighted by Gasteiger charge is -2.17. The van der Waals surface area contributed by atoms with Crippen molar-refractivity contribution in [2.75, 3.05) is 18.1 Å². The summed E-state index contributed by atoms with van der Waals surface area (Å²) in [6, 6.07) is 0.322. The van der Waals surface area contributed by atoms with Crippen molar-refractivity contribution in [3.63, 3.8) is 0 Å². The molecule has 1 N–H and O–H groups in total. The molecule has 0 aromatic carbocycles. The molecule has 0 saturated carbocycles. The molecule has 1 heterocycles. The van der Waals surface area contributed by atoms with Crippen LogP contribution in [0.4, 0.5) is 0 Å². The molecule has 0 bridgehead atoms. The molecule has 0 fully saturated rings. The van der Waals surface area contributed by atoms with Crippen molar-refractivity contribution in [1.82, 2.24) is 15.3 Å². The van der Waals surface area contributed by atoms with Crippen molar-refractivity contribution in [3.05, 3.63) is 24.3 Å². The molecule has 16 heavy (non-hydrogen) atoms. The molecule has 0 spiro atoms. The van der Waals surface area contributed by atoms with Crippen LogP contribution in [-0.2, 0) is 0 Å². The van der Waals surface area contributed by atoms with Gasteiger partial charge in [-0.15, -0.1) is 0 Å². The molecule has 0 aliphatic heterocycles. The average Bonchev–Trinajstić information content (AvgIpc) is 2.29. The minimum atomic E-state index is 0.322. The van der Waals surface area contributed by atoms with E-state index in [0.29, 0.717) is 6.04 Å². The van der Waals surface area contributed by atoms with Crippen LogP contribution in [0.15, 0.2) is 18.6 Å². The summed E-state index contributed by atoms with van der Waals surface area (Å²) in [5.41, 5.74) is 1.04. The summed E-state index contributed by atoms with van der Waals surface area (Å²) in [5, 5.41) is 3.45. The monoisotopic (exact) mass is 239 g/mol. The zero-order valence-corrected chi connectivity index (χ0v) is 11.1. The van der Waals surface area contributed by atoms with E-state index in [2.05, 4.69) is 36.1 Å². The first-order chi connectivity index (χ1) is 7.74. The Morgan fingerprint density at radius 3 is 2.69 bits per heavy atom. The average molecular weight is 239 g/mol. The molecule has 0 aliphatic rings. The highest BCUT2D eigenvalue weighted by Gasteiger charge is 2.11. The first-order valence-electron chi connectivity index (χ1n) is 5.81. The Bertz CT molecular complexity index is 277. The Balaban J connectivity index is 2.48. The van der Waals surface area contributed by atoms with Gasteiger partial charge < -0.3 is 5.32 Å². The Kier molecular flexibility index (Phi) is 6.42. The summed E-state index contributed by atoms with van der Waals surface area (Å²) in [7, 11) is 0. The number of nitrogens with one attached hydrogen (secondary N) is 1. The summed E-state index contributed by atoms with van der Waals surface area (Å²) < 4.78 is 0. The van der Waals surface area contributed by atoms with Crippen molar-refractivity contribution in [2.45, 2.75) is 26.8 Å². The van der Waals surface area contributed by atoms with Crippen molar-refractivity contribution >= 4 is 11.8 Å². The standard InChI is InChI=1S/C12H21N3S/c1-4-14-12(9-16-8-10(2)3)11-7-13-5-6-15-11/h5-7,10,12,14H,4,8-9H2,1-3H3. The molecule has 1 rings (SSSR count). The third-order valence-corrected chi connectivity index (χ3v) is 3.60. The van der Waals surface area contributed by atoms with E-state index in [9.17, 15) is 0 Å². The SMILES string of the molecule is CCNC(CSCC(C)C)c1cnccn1. The van der Waals surface area contributed by atoms with Crippen LogP contribution >= 0.6 is 11.8 Å². The van der Waals surface area contributed by atoms with Crippen LogP contribution in [0.1, 0.15) is 32.5 Å². The zero-order valence-electron chi connectivity index (χ0n) is 10.3. The number of hydrogen-bond acceptors (Lipinski definition) is 4. The highest BCUT2D eigenvalue weighted by Crippen LogP contribution is 2.17. The second kappa shape index (κ2) is 7.63. The van der Waals surface area contributed by atoms with Gasteiger partial charge in [0, 0.05) is 24.3 Å². The van der Waals surface area contributed by atoms with E-state index in [0.717, 1.165) is 23.9 Å². The molecule has 0 radical (unpaired) electrons. The molecular formula is C12H21N3S. The van der Waals surface area contributed by atoms with Gasteiger partial charge in [-0.25, -0.2) is 0 Å². The maximum absolute atomic E-state index is 4.36. The Morgan fingerprint density at radius 2 is 2.12 bits per heavy atom. The van der Waals surface area contributed by atoms with E-state index in [-0.39, 0.29) is 0 Å². The maximum Gasteiger partial charge on any atom is 0.0764 e. The normalized spacial score (nSPS) is 13.0. The van der Waals surface area contributed by atoms with Gasteiger partial charge in [0.2, 0.25) is 0 Å². The molecule has 1 unspecified atom stereocenters. The lowest BCUT2D eigenvalue weighted by molar-refractivity contribution is 0.587. The summed E-state index contributed by atoms with van der Waals surface area (Å²) in [6.07, 6.45) is 5.32. The predicted octanol–water partition coefficient (Wildman–Crippen LogP) is 2.52. The number of thioether (sulfide) groups is 1. The minimum Gasteiger partial charge on any atom is -0.308 e. The second-order valence-electron chi connectivity index (χ2n) is 4.17. The van der Waals surface area contributed by atoms with E-state index < -0.39 is 0 Å². The first-order valence-corrected chi connectivity index (χ1v) is 6.96. The van der Waals surface area contributed by atoms with Gasteiger partial charge in [0.05, 0.1) is 11.7 Å². The smallest absolute Gasteiger partial charge is 0.0764 e. The van der Waals surface area contributed by atoms with Gasteiger partial charge in [-0.05, 0) is 18.2 Å². The van der Waals surface area contributed by atoms with E-state index in [1.165, 1.54) is 5.75 Å². The largest absolute Gasteiger partial charge is 0.308 e. The first kappa shape index (κ1) is 13.5. The Morgan fingerprint density at radius 1 is 1.31 bits per heavy atom. The van der Waals surface area contributed by atoms with Gasteiger partial charge in [-0.3, -0.25) is 9.97 Å². The lowest BCUT2D eigenvalue weighted by Crippen LogP contribution is -2.24. The molecule has 1 aromatic rings. The molecule has 0 aliphatic carbocycles. The van der Waals surface area contributed by atoms with Crippen LogP contribution in [0, 0.1) is 5.92 Å². The summed E-state index contributed by atoms with van der Waals surface area (Å²) in [6.45, 7) is 7.58. The fourth-order valence-corrected chi connectivity index (χ4v) is 2.54. The lowest BCUT2D eigenvalue weighted by atomic mass is 10.2.